The Hall–Kier alpha value is -2.33. The molecular formula is C16H23N5O4S. The number of hydrogen-bond acceptors (Lipinski definition) is 8. The predicted octanol–water partition coefficient (Wildman–Crippen LogP) is 0.378. The summed E-state index contributed by atoms with van der Waals surface area (Å²) in [5.41, 5.74) is 7.46. The third-order valence-corrected chi connectivity index (χ3v) is 6.16. The number of benzene rings is 1. The molecule has 2 heterocycles. The van der Waals surface area contributed by atoms with E-state index in [1.807, 2.05) is 11.0 Å². The molecule has 0 unspecified atom stereocenters. The Morgan fingerprint density at radius 2 is 2.12 bits per heavy atom. The highest BCUT2D eigenvalue weighted by Gasteiger charge is 2.31. The number of fused-ring (bicyclic) bond motifs is 3. The number of aliphatic imine (C=N–C) groups is 2. The fourth-order valence-electron chi connectivity index (χ4n) is 2.84. The summed E-state index contributed by atoms with van der Waals surface area (Å²) in [7, 11) is 1.33. The Morgan fingerprint density at radius 1 is 1.35 bits per heavy atom. The number of methoxy groups -OCH3 is 1. The maximum atomic E-state index is 11.8. The normalized spacial score (nSPS) is 16.1. The van der Waals surface area contributed by atoms with Crippen molar-refractivity contribution in [1.29, 1.82) is 0 Å². The van der Waals surface area contributed by atoms with Gasteiger partial charge in [-0.25, -0.2) is 17.7 Å². The molecule has 0 spiro atoms. The van der Waals surface area contributed by atoms with Crippen molar-refractivity contribution in [1.82, 2.24) is 9.21 Å². The molecule has 3 rings (SSSR count). The van der Waals surface area contributed by atoms with Crippen molar-refractivity contribution in [2.24, 2.45) is 15.7 Å². The molecule has 0 fully saturated rings. The van der Waals surface area contributed by atoms with Crippen molar-refractivity contribution >= 4 is 27.5 Å². The minimum Gasteiger partial charge on any atom is -0.491 e. The van der Waals surface area contributed by atoms with Crippen molar-refractivity contribution in [2.45, 2.75) is 6.42 Å². The Balaban J connectivity index is 1.78. The van der Waals surface area contributed by atoms with Crippen molar-refractivity contribution < 1.29 is 17.9 Å². The van der Waals surface area contributed by atoms with Gasteiger partial charge in [-0.15, -0.1) is 0 Å². The molecule has 2 N–H and O–H groups in total. The van der Waals surface area contributed by atoms with E-state index >= 15 is 0 Å². The van der Waals surface area contributed by atoms with Crippen LogP contribution in [0.15, 0.2) is 22.1 Å². The van der Waals surface area contributed by atoms with Gasteiger partial charge in [0.05, 0.1) is 26.0 Å². The lowest BCUT2D eigenvalue weighted by Gasteiger charge is -2.26. The molecule has 2 aliphatic rings. The van der Waals surface area contributed by atoms with Crippen molar-refractivity contribution in [3.63, 3.8) is 0 Å². The third-order valence-electron chi connectivity index (χ3n) is 4.24. The van der Waals surface area contributed by atoms with Crippen LogP contribution in [0.5, 0.6) is 11.5 Å². The highest BCUT2D eigenvalue weighted by Crippen LogP contribution is 2.43. The van der Waals surface area contributed by atoms with Gasteiger partial charge in [-0.05, 0) is 18.6 Å². The second kappa shape index (κ2) is 7.12. The Bertz CT molecular complexity index is 864. The predicted molar refractivity (Wildman–Crippen MR) is 100.0 cm³/mol. The molecule has 9 nitrogen and oxygen atoms in total. The monoisotopic (exact) mass is 381 g/mol. The number of nitrogens with two attached hydrogens (primary N) is 1. The van der Waals surface area contributed by atoms with Gasteiger partial charge >= 0.3 is 0 Å². The maximum Gasteiger partial charge on any atom is 0.213 e. The van der Waals surface area contributed by atoms with E-state index in [0.717, 1.165) is 11.4 Å². The van der Waals surface area contributed by atoms with Crippen LogP contribution in [0.4, 0.5) is 5.69 Å². The summed E-state index contributed by atoms with van der Waals surface area (Å²) >= 11 is 0. The van der Waals surface area contributed by atoms with Crippen LogP contribution in [-0.2, 0) is 10.0 Å². The Labute approximate surface area is 153 Å². The van der Waals surface area contributed by atoms with E-state index in [0.29, 0.717) is 42.7 Å². The summed E-state index contributed by atoms with van der Waals surface area (Å²) in [5.74, 6) is 2.15. The lowest BCUT2D eigenvalue weighted by molar-refractivity contribution is 0.294. The highest BCUT2D eigenvalue weighted by molar-refractivity contribution is 7.89. The van der Waals surface area contributed by atoms with E-state index in [-0.39, 0.29) is 12.4 Å². The van der Waals surface area contributed by atoms with Crippen molar-refractivity contribution in [3.8, 4) is 11.5 Å². The summed E-state index contributed by atoms with van der Waals surface area (Å²) in [5, 5.41) is 0. The minimum atomic E-state index is -3.24. The first-order chi connectivity index (χ1) is 12.3. The molecule has 0 atom stereocenters. The molecule has 0 saturated carbocycles. The van der Waals surface area contributed by atoms with E-state index in [2.05, 4.69) is 9.98 Å². The lowest BCUT2D eigenvalue weighted by Crippen LogP contribution is -2.42. The second-order valence-corrected chi connectivity index (χ2v) is 8.42. The van der Waals surface area contributed by atoms with Gasteiger partial charge in [-0.1, -0.05) is 0 Å². The first-order valence-corrected chi connectivity index (χ1v) is 9.86. The third kappa shape index (κ3) is 3.34. The van der Waals surface area contributed by atoms with Crippen molar-refractivity contribution in [3.05, 3.63) is 17.7 Å². The largest absolute Gasteiger partial charge is 0.491 e. The van der Waals surface area contributed by atoms with E-state index in [9.17, 15) is 8.42 Å². The zero-order valence-corrected chi connectivity index (χ0v) is 15.9. The molecule has 10 heteroatoms. The average molecular weight is 381 g/mol. The number of nitrogens with zero attached hydrogens (tertiary/aromatic N) is 4. The SMILES string of the molecule is COc1c(OCCCS(=O)(=O)N(C)C)ccc2c1N=C(N)N1CCN=C21. The van der Waals surface area contributed by atoms with Gasteiger partial charge in [0.25, 0.3) is 0 Å². The van der Waals surface area contributed by atoms with Crippen LogP contribution in [-0.4, -0.2) is 76.1 Å². The molecule has 0 aromatic heterocycles. The van der Waals surface area contributed by atoms with Gasteiger partial charge in [0, 0.05) is 26.2 Å². The zero-order chi connectivity index (χ0) is 18.9. The van der Waals surface area contributed by atoms with Crippen LogP contribution in [0.1, 0.15) is 12.0 Å². The summed E-state index contributed by atoms with van der Waals surface area (Å²) in [6.45, 7) is 1.63. The van der Waals surface area contributed by atoms with Crippen molar-refractivity contribution in [2.75, 3.05) is 46.7 Å². The average Bonchev–Trinajstić information content (AvgIpc) is 3.09. The van der Waals surface area contributed by atoms with Crippen LogP contribution in [0.25, 0.3) is 0 Å². The number of ether oxygens (including phenoxy) is 2. The first-order valence-electron chi connectivity index (χ1n) is 8.25. The summed E-state index contributed by atoms with van der Waals surface area (Å²) < 4.78 is 36.0. The highest BCUT2D eigenvalue weighted by atomic mass is 32.2. The van der Waals surface area contributed by atoms with E-state index < -0.39 is 10.0 Å². The van der Waals surface area contributed by atoms with E-state index in [4.69, 9.17) is 15.2 Å². The van der Waals surface area contributed by atoms with Gasteiger partial charge in [0.1, 0.15) is 11.5 Å². The zero-order valence-electron chi connectivity index (χ0n) is 15.1. The first kappa shape index (κ1) is 18.5. The van der Waals surface area contributed by atoms with Gasteiger partial charge in [-0.3, -0.25) is 9.89 Å². The van der Waals surface area contributed by atoms with Gasteiger partial charge in [0.15, 0.2) is 11.5 Å². The molecule has 26 heavy (non-hydrogen) atoms. The smallest absolute Gasteiger partial charge is 0.213 e. The molecule has 2 aliphatic heterocycles. The number of rotatable bonds is 7. The molecular weight excluding hydrogens is 358 g/mol. The molecule has 0 radical (unpaired) electrons. The Morgan fingerprint density at radius 3 is 2.81 bits per heavy atom. The van der Waals surface area contributed by atoms with E-state index in [1.165, 1.54) is 25.5 Å². The quantitative estimate of drug-likeness (QED) is 0.684. The van der Waals surface area contributed by atoms with Gasteiger partial charge < -0.3 is 15.2 Å². The molecule has 1 aromatic rings. The van der Waals surface area contributed by atoms with E-state index in [1.54, 1.807) is 6.07 Å². The molecule has 1 aromatic carbocycles. The molecule has 0 aliphatic carbocycles. The second-order valence-electron chi connectivity index (χ2n) is 6.12. The number of sulfonamides is 1. The van der Waals surface area contributed by atoms with Crippen LogP contribution >= 0.6 is 0 Å². The topological polar surface area (TPSA) is 110 Å². The minimum absolute atomic E-state index is 0.0180. The van der Waals surface area contributed by atoms with Crippen LogP contribution < -0.4 is 15.2 Å². The maximum absolute atomic E-state index is 11.8. The summed E-state index contributed by atoms with van der Waals surface area (Å²) in [6, 6.07) is 3.66. The standard InChI is InChI=1S/C16H23N5O4S/c1-20(2)26(22,23)10-4-9-25-12-6-5-11-13(14(12)24-3)19-16(17)21-8-7-18-15(11)21/h5-6H,4,7-10H2,1-3H3,(H2,17,19). The number of amidine groups is 1. The molecule has 0 saturated heterocycles. The van der Waals surface area contributed by atoms with Gasteiger partial charge in [-0.2, -0.15) is 0 Å². The molecule has 0 amide bonds. The molecule has 142 valence electrons. The fourth-order valence-corrected chi connectivity index (χ4v) is 3.68. The summed E-state index contributed by atoms with van der Waals surface area (Å²) in [4.78, 5) is 10.8. The number of hydrogen-bond donors (Lipinski definition) is 1. The molecule has 0 bridgehead atoms. The van der Waals surface area contributed by atoms with Crippen LogP contribution in [0, 0.1) is 0 Å². The number of guanidine groups is 1. The van der Waals surface area contributed by atoms with Gasteiger partial charge in [0.2, 0.25) is 16.0 Å². The lowest BCUT2D eigenvalue weighted by atomic mass is 10.1. The van der Waals surface area contributed by atoms with Crippen LogP contribution in [0.2, 0.25) is 0 Å². The Kier molecular flexibility index (Phi) is 5.05. The van der Waals surface area contributed by atoms with Crippen LogP contribution in [0.3, 0.4) is 0 Å². The fraction of sp³-hybridized carbons (Fsp3) is 0.500. The summed E-state index contributed by atoms with van der Waals surface area (Å²) in [6.07, 6.45) is 0.368.